The molecule has 0 fully saturated rings. The van der Waals surface area contributed by atoms with Gasteiger partial charge in [-0.1, -0.05) is 78.3 Å². The molecule has 4 aromatic carbocycles. The molecule has 156 valence electrons. The monoisotopic (exact) mass is 437 g/mol. The van der Waals surface area contributed by atoms with Crippen molar-refractivity contribution < 1.29 is 4.79 Å². The van der Waals surface area contributed by atoms with Crippen LogP contribution in [0.25, 0.3) is 27.7 Å². The summed E-state index contributed by atoms with van der Waals surface area (Å²) in [5.74, 6) is -0.291. The molecule has 0 aliphatic carbocycles. The Morgan fingerprint density at radius 2 is 1.62 bits per heavy atom. The van der Waals surface area contributed by atoms with Gasteiger partial charge in [-0.2, -0.15) is 5.10 Å². The third-order valence-corrected chi connectivity index (χ3v) is 5.67. The molecule has 1 aromatic heterocycles. The number of nitrogens with zero attached hydrogens (tertiary/aromatic N) is 2. The molecule has 5 heteroatoms. The topological polar surface area (TPSA) is 46.9 Å². The van der Waals surface area contributed by atoms with Crippen LogP contribution >= 0.6 is 11.6 Å². The first-order valence-corrected chi connectivity index (χ1v) is 10.7. The number of amides is 1. The highest BCUT2D eigenvalue weighted by Crippen LogP contribution is 2.32. The van der Waals surface area contributed by atoms with Crippen molar-refractivity contribution in [2.75, 3.05) is 5.32 Å². The summed E-state index contributed by atoms with van der Waals surface area (Å²) in [6.45, 7) is 2.04. The Hall–Kier alpha value is -3.89. The van der Waals surface area contributed by atoms with Crippen molar-refractivity contribution >= 4 is 34.0 Å². The van der Waals surface area contributed by atoms with Crippen molar-refractivity contribution in [2.24, 2.45) is 0 Å². The summed E-state index contributed by atoms with van der Waals surface area (Å²) in [5.41, 5.74) is 4.82. The number of anilines is 1. The molecular formula is C27H20ClN3O. The Morgan fingerprint density at radius 1 is 0.875 bits per heavy atom. The number of rotatable bonds is 4. The van der Waals surface area contributed by atoms with Crippen molar-refractivity contribution in [3.63, 3.8) is 0 Å². The van der Waals surface area contributed by atoms with Crippen molar-refractivity contribution in [1.29, 1.82) is 0 Å². The number of halogens is 1. The first-order valence-electron chi connectivity index (χ1n) is 10.3. The molecule has 4 nitrogen and oxygen atoms in total. The molecular weight excluding hydrogens is 418 g/mol. The largest absolute Gasteiger partial charge is 0.321 e. The van der Waals surface area contributed by atoms with Gasteiger partial charge in [-0.25, -0.2) is 4.68 Å². The van der Waals surface area contributed by atoms with Crippen LogP contribution in [-0.4, -0.2) is 15.7 Å². The number of hydrogen-bond acceptors (Lipinski definition) is 2. The summed E-state index contributed by atoms with van der Waals surface area (Å²) < 4.78 is 1.85. The molecule has 0 bridgehead atoms. The van der Waals surface area contributed by atoms with Crippen molar-refractivity contribution in [1.82, 2.24) is 9.78 Å². The van der Waals surface area contributed by atoms with E-state index in [1.54, 1.807) is 24.3 Å². The number of nitrogens with one attached hydrogen (secondary N) is 1. The molecule has 0 spiro atoms. The zero-order chi connectivity index (χ0) is 22.1. The minimum atomic E-state index is -0.291. The van der Waals surface area contributed by atoms with Crippen molar-refractivity contribution in [3.05, 3.63) is 113 Å². The zero-order valence-electron chi connectivity index (χ0n) is 17.4. The Kier molecular flexibility index (Phi) is 5.21. The minimum absolute atomic E-state index is 0.291. The third-order valence-electron chi connectivity index (χ3n) is 5.43. The summed E-state index contributed by atoms with van der Waals surface area (Å²) in [5, 5.41) is 10.4. The molecule has 0 aliphatic heterocycles. The van der Waals surface area contributed by atoms with E-state index in [2.05, 4.69) is 29.6 Å². The van der Waals surface area contributed by atoms with Gasteiger partial charge in [0, 0.05) is 16.3 Å². The number of fused-ring (bicyclic) bond motifs is 1. The van der Waals surface area contributed by atoms with Gasteiger partial charge in [0.1, 0.15) is 0 Å². The van der Waals surface area contributed by atoms with Gasteiger partial charge in [-0.15, -0.1) is 0 Å². The van der Waals surface area contributed by atoms with Crippen LogP contribution in [0.15, 0.2) is 97.1 Å². The Labute approximate surface area is 191 Å². The SMILES string of the molecule is Cc1ccccc1-n1nc(C(=O)Nc2cccc(Cl)c2)cc1-c1cccc2ccccc12. The molecule has 1 N–H and O–H groups in total. The number of aryl methyl sites for hydroxylation is 1. The van der Waals surface area contributed by atoms with Crippen LogP contribution in [0.1, 0.15) is 16.1 Å². The molecule has 0 atom stereocenters. The van der Waals surface area contributed by atoms with E-state index in [9.17, 15) is 4.79 Å². The quantitative estimate of drug-likeness (QED) is 0.332. The molecule has 1 amide bonds. The van der Waals surface area contributed by atoms with Gasteiger partial charge < -0.3 is 5.32 Å². The molecule has 0 unspecified atom stereocenters. The van der Waals surface area contributed by atoms with Crippen LogP contribution in [0.5, 0.6) is 0 Å². The molecule has 5 aromatic rings. The normalized spacial score (nSPS) is 10.9. The summed E-state index contributed by atoms with van der Waals surface area (Å²) >= 11 is 6.07. The summed E-state index contributed by atoms with van der Waals surface area (Å²) in [7, 11) is 0. The molecule has 0 aliphatic rings. The van der Waals surface area contributed by atoms with Crippen LogP contribution in [0.2, 0.25) is 5.02 Å². The summed E-state index contributed by atoms with van der Waals surface area (Å²) in [6.07, 6.45) is 0. The van der Waals surface area contributed by atoms with E-state index in [0.29, 0.717) is 16.4 Å². The summed E-state index contributed by atoms with van der Waals surface area (Å²) in [4.78, 5) is 13.1. The lowest BCUT2D eigenvalue weighted by Gasteiger charge is -2.12. The fourth-order valence-corrected chi connectivity index (χ4v) is 4.07. The standard InChI is InChI=1S/C27H20ClN3O/c1-18-8-2-5-15-25(18)31-26(23-14-6-10-19-9-3-4-13-22(19)23)17-24(30-31)27(32)29-21-12-7-11-20(28)16-21/h2-17H,1H3,(H,29,32). The number of aromatic nitrogens is 2. The predicted octanol–water partition coefficient (Wildman–Crippen LogP) is 6.91. The number of carbonyl (C=O) groups excluding carboxylic acids is 1. The van der Waals surface area contributed by atoms with Crippen LogP contribution in [0.3, 0.4) is 0 Å². The first kappa shape index (κ1) is 20.0. The Bertz CT molecular complexity index is 1450. The van der Waals surface area contributed by atoms with Crippen LogP contribution < -0.4 is 5.32 Å². The second-order valence-electron chi connectivity index (χ2n) is 7.60. The van der Waals surface area contributed by atoms with E-state index < -0.39 is 0 Å². The van der Waals surface area contributed by atoms with Gasteiger partial charge in [-0.05, 0) is 53.6 Å². The average Bonchev–Trinajstić information content (AvgIpc) is 3.24. The molecule has 5 rings (SSSR count). The van der Waals surface area contributed by atoms with E-state index in [-0.39, 0.29) is 5.91 Å². The highest BCUT2D eigenvalue weighted by atomic mass is 35.5. The molecule has 0 radical (unpaired) electrons. The third kappa shape index (κ3) is 3.77. The van der Waals surface area contributed by atoms with Gasteiger partial charge in [0.25, 0.3) is 5.91 Å². The van der Waals surface area contributed by atoms with Gasteiger partial charge in [-0.3, -0.25) is 4.79 Å². The smallest absolute Gasteiger partial charge is 0.276 e. The van der Waals surface area contributed by atoms with E-state index in [0.717, 1.165) is 33.3 Å². The zero-order valence-corrected chi connectivity index (χ0v) is 18.2. The number of benzene rings is 4. The lowest BCUT2D eigenvalue weighted by molar-refractivity contribution is 0.102. The van der Waals surface area contributed by atoms with Crippen molar-refractivity contribution in [3.8, 4) is 16.9 Å². The Balaban J connectivity index is 1.66. The van der Waals surface area contributed by atoms with E-state index in [1.165, 1.54) is 0 Å². The maximum absolute atomic E-state index is 13.1. The number of carbonyl (C=O) groups is 1. The Morgan fingerprint density at radius 3 is 2.47 bits per heavy atom. The molecule has 1 heterocycles. The molecule has 0 saturated heterocycles. The molecule has 0 saturated carbocycles. The minimum Gasteiger partial charge on any atom is -0.321 e. The van der Waals surface area contributed by atoms with Crippen LogP contribution in [0, 0.1) is 6.92 Å². The summed E-state index contributed by atoms with van der Waals surface area (Å²) in [6, 6.07) is 31.3. The highest BCUT2D eigenvalue weighted by Gasteiger charge is 2.19. The number of para-hydroxylation sites is 1. The fourth-order valence-electron chi connectivity index (χ4n) is 3.88. The van der Waals surface area contributed by atoms with Crippen LogP contribution in [0.4, 0.5) is 5.69 Å². The molecule has 32 heavy (non-hydrogen) atoms. The maximum Gasteiger partial charge on any atom is 0.276 e. The average molecular weight is 438 g/mol. The lowest BCUT2D eigenvalue weighted by atomic mass is 10.0. The van der Waals surface area contributed by atoms with Gasteiger partial charge in [0.2, 0.25) is 0 Å². The van der Waals surface area contributed by atoms with E-state index in [4.69, 9.17) is 16.7 Å². The van der Waals surface area contributed by atoms with E-state index >= 15 is 0 Å². The van der Waals surface area contributed by atoms with Gasteiger partial charge in [0.15, 0.2) is 5.69 Å². The van der Waals surface area contributed by atoms with Gasteiger partial charge >= 0.3 is 0 Å². The van der Waals surface area contributed by atoms with E-state index in [1.807, 2.05) is 60.1 Å². The fraction of sp³-hybridized carbons (Fsp3) is 0.0370. The first-order chi connectivity index (χ1) is 15.6. The second kappa shape index (κ2) is 8.33. The van der Waals surface area contributed by atoms with Crippen molar-refractivity contribution in [2.45, 2.75) is 6.92 Å². The second-order valence-corrected chi connectivity index (χ2v) is 8.04. The predicted molar refractivity (Wildman–Crippen MR) is 131 cm³/mol. The lowest BCUT2D eigenvalue weighted by Crippen LogP contribution is -2.13. The number of hydrogen-bond donors (Lipinski definition) is 1. The highest BCUT2D eigenvalue weighted by molar-refractivity contribution is 6.31. The maximum atomic E-state index is 13.1. The van der Waals surface area contributed by atoms with Crippen LogP contribution in [-0.2, 0) is 0 Å². The van der Waals surface area contributed by atoms with Gasteiger partial charge in [0.05, 0.1) is 11.4 Å².